The molecule has 0 aliphatic heterocycles. The van der Waals surface area contributed by atoms with Crippen LogP contribution >= 0.6 is 0 Å². The molecule has 0 saturated carbocycles. The highest BCUT2D eigenvalue weighted by molar-refractivity contribution is 5.78. The number of carbonyl (C=O) groups is 1. The van der Waals surface area contributed by atoms with Gasteiger partial charge in [0.2, 0.25) is 11.7 Å². The van der Waals surface area contributed by atoms with Crippen LogP contribution in [0.5, 0.6) is 0 Å². The average Bonchev–Trinajstić information content (AvgIpc) is 3.20. The average molecular weight is 395 g/mol. The van der Waals surface area contributed by atoms with Crippen LogP contribution in [-0.4, -0.2) is 15.7 Å². The minimum Gasteiger partial charge on any atom is -0.352 e. The Hall–Kier alpha value is -3.23. The number of nitrogens with zero attached hydrogens (tertiary/aromatic N) is 2. The molecule has 0 fully saturated rings. The van der Waals surface area contributed by atoms with E-state index in [1.807, 2.05) is 6.07 Å². The van der Waals surface area contributed by atoms with Crippen molar-refractivity contribution in [3.8, 4) is 0 Å². The Kier molecular flexibility index (Phi) is 5.72. The summed E-state index contributed by atoms with van der Waals surface area (Å²) in [6, 6.07) is 8.89. The highest BCUT2D eigenvalue weighted by Gasteiger charge is 2.26. The molecule has 1 N–H and O–H groups in total. The van der Waals surface area contributed by atoms with Gasteiger partial charge in [0.1, 0.15) is 0 Å². The third-order valence-corrected chi connectivity index (χ3v) is 4.12. The molecule has 1 amide bonds. The Bertz CT molecular complexity index is 976. The Labute approximate surface area is 156 Å². The third kappa shape index (κ3) is 4.03. The van der Waals surface area contributed by atoms with E-state index in [1.165, 1.54) is 0 Å². The first-order chi connectivity index (χ1) is 13.4. The Balaban J connectivity index is 1.71. The molecule has 1 aromatic heterocycles. The summed E-state index contributed by atoms with van der Waals surface area (Å²) in [7, 11) is 0. The SMILES string of the molecule is O=C(Cc1c(F)c(F)c(F)c(F)c1F)NCc1ccccc1Cn1cccn1. The first kappa shape index (κ1) is 19.5. The molecule has 0 aliphatic rings. The van der Waals surface area contributed by atoms with Crippen LogP contribution in [0.2, 0.25) is 0 Å². The zero-order chi connectivity index (χ0) is 20.3. The monoisotopic (exact) mass is 395 g/mol. The number of amides is 1. The maximum absolute atomic E-state index is 13.7. The van der Waals surface area contributed by atoms with Gasteiger partial charge in [-0.3, -0.25) is 9.48 Å². The van der Waals surface area contributed by atoms with Crippen molar-refractivity contribution in [3.05, 3.63) is 88.5 Å². The van der Waals surface area contributed by atoms with Gasteiger partial charge >= 0.3 is 0 Å². The van der Waals surface area contributed by atoms with Gasteiger partial charge in [-0.05, 0) is 17.2 Å². The minimum atomic E-state index is -2.26. The fourth-order valence-electron chi connectivity index (χ4n) is 2.68. The van der Waals surface area contributed by atoms with E-state index in [-0.39, 0.29) is 6.54 Å². The number of rotatable bonds is 6. The summed E-state index contributed by atoms with van der Waals surface area (Å²) in [5, 5.41) is 6.53. The second kappa shape index (κ2) is 8.20. The maximum atomic E-state index is 13.7. The van der Waals surface area contributed by atoms with Crippen LogP contribution in [0.15, 0.2) is 42.7 Å². The van der Waals surface area contributed by atoms with Crippen LogP contribution in [0, 0.1) is 29.1 Å². The molecule has 2 aromatic carbocycles. The van der Waals surface area contributed by atoms with Gasteiger partial charge in [-0.25, -0.2) is 22.0 Å². The topological polar surface area (TPSA) is 46.9 Å². The van der Waals surface area contributed by atoms with Crippen LogP contribution in [0.25, 0.3) is 0 Å². The number of hydrogen-bond acceptors (Lipinski definition) is 2. The lowest BCUT2D eigenvalue weighted by molar-refractivity contribution is -0.120. The molecule has 28 heavy (non-hydrogen) atoms. The number of nitrogens with one attached hydrogen (secondary N) is 1. The van der Waals surface area contributed by atoms with Crippen molar-refractivity contribution >= 4 is 5.91 Å². The fraction of sp³-hybridized carbons (Fsp3) is 0.158. The van der Waals surface area contributed by atoms with Crippen molar-refractivity contribution in [2.75, 3.05) is 0 Å². The lowest BCUT2D eigenvalue weighted by Gasteiger charge is -2.12. The summed E-state index contributed by atoms with van der Waals surface area (Å²) in [5.74, 6) is -11.3. The van der Waals surface area contributed by atoms with E-state index >= 15 is 0 Å². The quantitative estimate of drug-likeness (QED) is 0.395. The van der Waals surface area contributed by atoms with Gasteiger partial charge in [0, 0.05) is 24.5 Å². The van der Waals surface area contributed by atoms with Gasteiger partial charge in [-0.15, -0.1) is 0 Å². The van der Waals surface area contributed by atoms with Crippen LogP contribution in [0.1, 0.15) is 16.7 Å². The summed E-state index contributed by atoms with van der Waals surface area (Å²) in [5.41, 5.74) is 0.408. The summed E-state index contributed by atoms with van der Waals surface area (Å²) >= 11 is 0. The molecule has 3 rings (SSSR count). The predicted octanol–water partition coefficient (Wildman–Crippen LogP) is 3.49. The minimum absolute atomic E-state index is 0.0195. The van der Waals surface area contributed by atoms with Crippen LogP contribution < -0.4 is 5.32 Å². The smallest absolute Gasteiger partial charge is 0.224 e. The van der Waals surface area contributed by atoms with Gasteiger partial charge in [0.25, 0.3) is 0 Å². The first-order valence-corrected chi connectivity index (χ1v) is 8.19. The van der Waals surface area contributed by atoms with Crippen molar-refractivity contribution in [3.63, 3.8) is 0 Å². The molecule has 1 heterocycles. The third-order valence-electron chi connectivity index (χ3n) is 4.12. The second-order valence-electron chi connectivity index (χ2n) is 5.97. The van der Waals surface area contributed by atoms with Crippen LogP contribution in [0.3, 0.4) is 0 Å². The Morgan fingerprint density at radius 2 is 1.50 bits per heavy atom. The normalized spacial score (nSPS) is 10.9. The Morgan fingerprint density at radius 1 is 0.893 bits per heavy atom. The van der Waals surface area contributed by atoms with E-state index in [1.54, 1.807) is 41.3 Å². The molecule has 0 bridgehead atoms. The van der Waals surface area contributed by atoms with E-state index in [0.717, 1.165) is 11.1 Å². The van der Waals surface area contributed by atoms with Crippen molar-refractivity contribution in [1.82, 2.24) is 15.1 Å². The van der Waals surface area contributed by atoms with E-state index in [2.05, 4.69) is 10.4 Å². The van der Waals surface area contributed by atoms with Crippen LogP contribution in [-0.2, 0) is 24.3 Å². The Morgan fingerprint density at radius 3 is 2.11 bits per heavy atom. The molecule has 4 nitrogen and oxygen atoms in total. The van der Waals surface area contributed by atoms with Crippen LogP contribution in [0.4, 0.5) is 22.0 Å². The highest BCUT2D eigenvalue weighted by Crippen LogP contribution is 2.23. The van der Waals surface area contributed by atoms with Gasteiger partial charge < -0.3 is 5.32 Å². The zero-order valence-electron chi connectivity index (χ0n) is 14.4. The van der Waals surface area contributed by atoms with E-state index < -0.39 is 47.0 Å². The van der Waals surface area contributed by atoms with Crippen molar-refractivity contribution in [2.24, 2.45) is 0 Å². The van der Waals surface area contributed by atoms with Gasteiger partial charge in [-0.1, -0.05) is 24.3 Å². The second-order valence-corrected chi connectivity index (χ2v) is 5.97. The number of halogens is 5. The van der Waals surface area contributed by atoms with Gasteiger partial charge in [0.15, 0.2) is 23.3 Å². The van der Waals surface area contributed by atoms with E-state index in [0.29, 0.717) is 6.54 Å². The summed E-state index contributed by atoms with van der Waals surface area (Å²) < 4.78 is 68.6. The van der Waals surface area contributed by atoms with E-state index in [4.69, 9.17) is 0 Å². The molecule has 0 spiro atoms. The fourth-order valence-corrected chi connectivity index (χ4v) is 2.68. The number of benzene rings is 2. The molecular weight excluding hydrogens is 381 g/mol. The molecule has 0 saturated heterocycles. The van der Waals surface area contributed by atoms with Crippen molar-refractivity contribution in [1.29, 1.82) is 0 Å². The lowest BCUT2D eigenvalue weighted by atomic mass is 10.1. The molecule has 0 radical (unpaired) electrons. The number of hydrogen-bond donors (Lipinski definition) is 1. The van der Waals surface area contributed by atoms with Crippen molar-refractivity contribution < 1.29 is 26.7 Å². The molecule has 0 aliphatic carbocycles. The molecule has 3 aromatic rings. The predicted molar refractivity (Wildman–Crippen MR) is 89.6 cm³/mol. The van der Waals surface area contributed by atoms with Gasteiger partial charge in [0.05, 0.1) is 13.0 Å². The maximum Gasteiger partial charge on any atom is 0.224 e. The number of carbonyl (C=O) groups excluding carboxylic acids is 1. The molecule has 0 atom stereocenters. The van der Waals surface area contributed by atoms with E-state index in [9.17, 15) is 26.7 Å². The first-order valence-electron chi connectivity index (χ1n) is 8.19. The molecule has 9 heteroatoms. The lowest BCUT2D eigenvalue weighted by Crippen LogP contribution is -2.26. The summed E-state index contributed by atoms with van der Waals surface area (Å²) in [6.07, 6.45) is 2.40. The van der Waals surface area contributed by atoms with Gasteiger partial charge in [-0.2, -0.15) is 5.10 Å². The summed E-state index contributed by atoms with van der Waals surface area (Å²) in [6.45, 7) is 0.461. The zero-order valence-corrected chi connectivity index (χ0v) is 14.4. The molecule has 146 valence electrons. The van der Waals surface area contributed by atoms with Crippen molar-refractivity contribution in [2.45, 2.75) is 19.5 Å². The highest BCUT2D eigenvalue weighted by atomic mass is 19.2. The number of aromatic nitrogens is 2. The molecule has 0 unspecified atom stereocenters. The summed E-state index contributed by atoms with van der Waals surface area (Å²) in [4.78, 5) is 12.0. The molecular formula is C19H14F5N3O. The largest absolute Gasteiger partial charge is 0.352 e. The standard InChI is InChI=1S/C19H14F5N3O/c20-15-13(16(21)18(23)19(24)17(15)22)8-14(28)25-9-11-4-1-2-5-12(11)10-27-7-3-6-26-27/h1-7H,8-10H2,(H,25,28).